The molecular weight excluding hydrogens is 247 g/mol. The standard InChI is InChI=1S/C10H6Cl2N4/c11-9-7(3-1-5-13-9)15-16-8-4-2-6-14-10(8)12/h1-6H. The minimum atomic E-state index is 0.297. The van der Waals surface area contributed by atoms with Crippen molar-refractivity contribution in [1.29, 1.82) is 0 Å². The van der Waals surface area contributed by atoms with Crippen LogP contribution in [0.1, 0.15) is 0 Å². The maximum Gasteiger partial charge on any atom is 0.156 e. The maximum atomic E-state index is 5.82. The molecule has 2 aromatic rings. The topological polar surface area (TPSA) is 50.5 Å². The summed E-state index contributed by atoms with van der Waals surface area (Å²) in [6.45, 7) is 0. The van der Waals surface area contributed by atoms with Gasteiger partial charge in [0, 0.05) is 12.4 Å². The van der Waals surface area contributed by atoms with Crippen LogP contribution in [0, 0.1) is 0 Å². The van der Waals surface area contributed by atoms with Crippen LogP contribution in [0.2, 0.25) is 10.3 Å². The molecule has 2 heterocycles. The van der Waals surface area contributed by atoms with E-state index in [0.29, 0.717) is 21.7 Å². The van der Waals surface area contributed by atoms with Crippen LogP contribution in [0.15, 0.2) is 46.9 Å². The van der Waals surface area contributed by atoms with Crippen molar-refractivity contribution in [3.63, 3.8) is 0 Å². The normalized spacial score (nSPS) is 10.9. The molecule has 0 amide bonds. The Balaban J connectivity index is 2.29. The van der Waals surface area contributed by atoms with Gasteiger partial charge < -0.3 is 0 Å². The molecule has 0 radical (unpaired) electrons. The van der Waals surface area contributed by atoms with E-state index >= 15 is 0 Å². The number of azo groups is 1. The molecule has 0 N–H and O–H groups in total. The maximum absolute atomic E-state index is 5.82. The number of hydrogen-bond donors (Lipinski definition) is 0. The Labute approximate surface area is 102 Å². The van der Waals surface area contributed by atoms with E-state index < -0.39 is 0 Å². The van der Waals surface area contributed by atoms with Crippen LogP contribution in [0.25, 0.3) is 0 Å². The van der Waals surface area contributed by atoms with Gasteiger partial charge in [-0.1, -0.05) is 23.2 Å². The molecule has 0 saturated carbocycles. The highest BCUT2D eigenvalue weighted by atomic mass is 35.5. The smallest absolute Gasteiger partial charge is 0.156 e. The van der Waals surface area contributed by atoms with Gasteiger partial charge in [0.05, 0.1) is 0 Å². The molecule has 0 fully saturated rings. The molecule has 0 atom stereocenters. The van der Waals surface area contributed by atoms with Crippen molar-refractivity contribution in [1.82, 2.24) is 9.97 Å². The summed E-state index contributed by atoms with van der Waals surface area (Å²) in [7, 11) is 0. The average Bonchev–Trinajstić information content (AvgIpc) is 2.30. The van der Waals surface area contributed by atoms with Gasteiger partial charge in [0.2, 0.25) is 0 Å². The number of rotatable bonds is 2. The molecule has 0 aliphatic carbocycles. The number of pyridine rings is 2. The lowest BCUT2D eigenvalue weighted by Crippen LogP contribution is -1.74. The van der Waals surface area contributed by atoms with Crippen LogP contribution in [0.3, 0.4) is 0 Å². The van der Waals surface area contributed by atoms with Gasteiger partial charge in [-0.25, -0.2) is 9.97 Å². The van der Waals surface area contributed by atoms with E-state index in [-0.39, 0.29) is 0 Å². The van der Waals surface area contributed by atoms with Gasteiger partial charge >= 0.3 is 0 Å². The van der Waals surface area contributed by atoms with Crippen molar-refractivity contribution < 1.29 is 0 Å². The Morgan fingerprint density at radius 3 is 1.62 bits per heavy atom. The fourth-order valence-corrected chi connectivity index (χ4v) is 1.33. The fourth-order valence-electron chi connectivity index (χ4n) is 1.01. The lowest BCUT2D eigenvalue weighted by Gasteiger charge is -1.95. The van der Waals surface area contributed by atoms with Crippen LogP contribution in [0.5, 0.6) is 0 Å². The second kappa shape index (κ2) is 5.01. The van der Waals surface area contributed by atoms with Gasteiger partial charge in [-0.05, 0) is 24.3 Å². The third kappa shape index (κ3) is 2.53. The average molecular weight is 253 g/mol. The minimum Gasteiger partial charge on any atom is -0.242 e. The van der Waals surface area contributed by atoms with Gasteiger partial charge in [-0.15, -0.1) is 10.2 Å². The summed E-state index contributed by atoms with van der Waals surface area (Å²) in [6, 6.07) is 6.88. The van der Waals surface area contributed by atoms with E-state index in [1.165, 1.54) is 0 Å². The largest absolute Gasteiger partial charge is 0.242 e. The highest BCUT2D eigenvalue weighted by molar-refractivity contribution is 6.32. The SMILES string of the molecule is Clc1ncccc1N=Nc1cccnc1Cl. The van der Waals surface area contributed by atoms with Crippen molar-refractivity contribution in [3.8, 4) is 0 Å². The Kier molecular flexibility index (Phi) is 3.44. The van der Waals surface area contributed by atoms with Crippen LogP contribution in [-0.2, 0) is 0 Å². The highest BCUT2D eigenvalue weighted by Gasteiger charge is 2.00. The summed E-state index contributed by atoms with van der Waals surface area (Å²) in [5.74, 6) is 0. The second-order valence-corrected chi connectivity index (χ2v) is 3.54. The molecule has 6 heteroatoms. The number of aromatic nitrogens is 2. The summed E-state index contributed by atoms with van der Waals surface area (Å²) in [6.07, 6.45) is 3.16. The van der Waals surface area contributed by atoms with E-state index in [1.54, 1.807) is 36.7 Å². The molecule has 2 aromatic heterocycles. The summed E-state index contributed by atoms with van der Waals surface area (Å²) in [5.41, 5.74) is 0.980. The predicted octanol–water partition coefficient (Wildman–Crippen LogP) is 4.20. The molecular formula is C10H6Cl2N4. The molecule has 0 spiro atoms. The molecule has 0 aliphatic heterocycles. The summed E-state index contributed by atoms with van der Waals surface area (Å²) in [4.78, 5) is 7.75. The van der Waals surface area contributed by atoms with E-state index in [0.717, 1.165) is 0 Å². The lowest BCUT2D eigenvalue weighted by molar-refractivity contribution is 1.18. The van der Waals surface area contributed by atoms with Crippen LogP contribution in [-0.4, -0.2) is 9.97 Å². The molecule has 16 heavy (non-hydrogen) atoms. The number of nitrogens with zero attached hydrogens (tertiary/aromatic N) is 4. The van der Waals surface area contributed by atoms with E-state index in [2.05, 4.69) is 20.2 Å². The number of hydrogen-bond acceptors (Lipinski definition) is 4. The van der Waals surface area contributed by atoms with Crippen molar-refractivity contribution >= 4 is 34.6 Å². The zero-order valence-corrected chi connectivity index (χ0v) is 9.52. The van der Waals surface area contributed by atoms with E-state index in [4.69, 9.17) is 23.2 Å². The first-order chi connectivity index (χ1) is 7.77. The third-order valence-electron chi connectivity index (χ3n) is 1.74. The minimum absolute atomic E-state index is 0.297. The number of halogens is 2. The Bertz CT molecular complexity index is 480. The first kappa shape index (κ1) is 11.0. The molecule has 0 saturated heterocycles. The van der Waals surface area contributed by atoms with Crippen molar-refractivity contribution in [2.75, 3.05) is 0 Å². The molecule has 0 aliphatic rings. The van der Waals surface area contributed by atoms with E-state index in [1.807, 2.05) is 0 Å². The highest BCUT2D eigenvalue weighted by Crippen LogP contribution is 2.26. The van der Waals surface area contributed by atoms with Crippen LogP contribution in [0.4, 0.5) is 11.4 Å². The molecule has 2 rings (SSSR count). The fraction of sp³-hybridized carbons (Fsp3) is 0. The zero-order chi connectivity index (χ0) is 11.4. The van der Waals surface area contributed by atoms with Gasteiger partial charge in [0.15, 0.2) is 10.3 Å². The second-order valence-electron chi connectivity index (χ2n) is 2.83. The zero-order valence-electron chi connectivity index (χ0n) is 8.01. The van der Waals surface area contributed by atoms with Gasteiger partial charge in [0.25, 0.3) is 0 Å². The predicted molar refractivity (Wildman–Crippen MR) is 62.7 cm³/mol. The van der Waals surface area contributed by atoms with Crippen molar-refractivity contribution in [3.05, 3.63) is 47.0 Å². The molecule has 0 aromatic carbocycles. The molecule has 4 nitrogen and oxygen atoms in total. The van der Waals surface area contributed by atoms with Gasteiger partial charge in [-0.2, -0.15) is 0 Å². The van der Waals surface area contributed by atoms with Gasteiger partial charge in [0.1, 0.15) is 11.4 Å². The quantitative estimate of drug-likeness (QED) is 0.594. The Morgan fingerprint density at radius 1 is 0.812 bits per heavy atom. The van der Waals surface area contributed by atoms with Crippen LogP contribution < -0.4 is 0 Å². The summed E-state index contributed by atoms with van der Waals surface area (Å²) >= 11 is 11.6. The molecule has 0 bridgehead atoms. The third-order valence-corrected chi connectivity index (χ3v) is 2.33. The van der Waals surface area contributed by atoms with Crippen molar-refractivity contribution in [2.24, 2.45) is 10.2 Å². The Hall–Kier alpha value is -1.52. The first-order valence-corrected chi connectivity index (χ1v) is 5.16. The Morgan fingerprint density at radius 2 is 1.25 bits per heavy atom. The monoisotopic (exact) mass is 252 g/mol. The van der Waals surface area contributed by atoms with E-state index in [9.17, 15) is 0 Å². The summed E-state index contributed by atoms with van der Waals surface area (Å²) < 4.78 is 0. The van der Waals surface area contributed by atoms with Crippen molar-refractivity contribution in [2.45, 2.75) is 0 Å². The van der Waals surface area contributed by atoms with Crippen LogP contribution >= 0.6 is 23.2 Å². The molecule has 80 valence electrons. The molecule has 0 unspecified atom stereocenters. The summed E-state index contributed by atoms with van der Waals surface area (Å²) in [5, 5.41) is 8.48. The van der Waals surface area contributed by atoms with Gasteiger partial charge in [-0.3, -0.25) is 0 Å². The lowest BCUT2D eigenvalue weighted by atomic mass is 10.4. The first-order valence-electron chi connectivity index (χ1n) is 4.40.